The van der Waals surface area contributed by atoms with Crippen LogP contribution in [0.1, 0.15) is 19.3 Å². The lowest BCUT2D eigenvalue weighted by atomic mass is 9.94. The molecule has 2 fully saturated rings. The summed E-state index contributed by atoms with van der Waals surface area (Å²) in [4.78, 5) is 15.6. The van der Waals surface area contributed by atoms with Crippen LogP contribution < -0.4 is 0 Å². The van der Waals surface area contributed by atoms with E-state index in [-0.39, 0.29) is 0 Å². The number of nitrogens with zero attached hydrogens (tertiary/aromatic N) is 2. The molecule has 2 atom stereocenters. The van der Waals surface area contributed by atoms with Crippen molar-refractivity contribution >= 4 is 5.97 Å². The van der Waals surface area contributed by atoms with Gasteiger partial charge in [0.25, 0.3) is 0 Å². The summed E-state index contributed by atoms with van der Waals surface area (Å²) in [6.07, 6.45) is 2.56. The first-order valence-corrected chi connectivity index (χ1v) is 5.81. The van der Waals surface area contributed by atoms with Crippen molar-refractivity contribution in [2.24, 2.45) is 5.92 Å². The summed E-state index contributed by atoms with van der Waals surface area (Å²) in [5.41, 5.74) is 0. The van der Waals surface area contributed by atoms with E-state index >= 15 is 0 Å². The SMILES string of the molecule is CN1CCC2C(CC(=O)O)CCN2CC1. The Morgan fingerprint density at radius 2 is 2.07 bits per heavy atom. The van der Waals surface area contributed by atoms with Gasteiger partial charge in [-0.15, -0.1) is 0 Å². The van der Waals surface area contributed by atoms with Crippen LogP contribution in [0.4, 0.5) is 0 Å². The molecule has 0 aromatic heterocycles. The number of carboxylic acids is 1. The molecule has 4 heteroatoms. The molecule has 2 aliphatic rings. The Hall–Kier alpha value is -0.610. The van der Waals surface area contributed by atoms with E-state index in [1.165, 1.54) is 0 Å². The minimum atomic E-state index is -0.639. The summed E-state index contributed by atoms with van der Waals surface area (Å²) >= 11 is 0. The highest BCUT2D eigenvalue weighted by molar-refractivity contribution is 5.67. The van der Waals surface area contributed by atoms with Crippen molar-refractivity contribution in [3.05, 3.63) is 0 Å². The second kappa shape index (κ2) is 4.49. The summed E-state index contributed by atoms with van der Waals surface area (Å²) < 4.78 is 0. The molecule has 0 aromatic carbocycles. The van der Waals surface area contributed by atoms with Gasteiger partial charge in [-0.25, -0.2) is 0 Å². The van der Waals surface area contributed by atoms with Crippen LogP contribution in [0.25, 0.3) is 0 Å². The third-order valence-corrected chi connectivity index (χ3v) is 3.81. The van der Waals surface area contributed by atoms with Crippen molar-refractivity contribution in [3.8, 4) is 0 Å². The van der Waals surface area contributed by atoms with Gasteiger partial charge in [0.1, 0.15) is 0 Å². The van der Waals surface area contributed by atoms with Gasteiger partial charge in [-0.1, -0.05) is 0 Å². The molecule has 0 bridgehead atoms. The second-order valence-corrected chi connectivity index (χ2v) is 4.84. The van der Waals surface area contributed by atoms with Crippen molar-refractivity contribution in [2.45, 2.75) is 25.3 Å². The average molecular weight is 212 g/mol. The van der Waals surface area contributed by atoms with E-state index in [9.17, 15) is 4.79 Å². The zero-order chi connectivity index (χ0) is 10.8. The smallest absolute Gasteiger partial charge is 0.303 e. The van der Waals surface area contributed by atoms with Crippen molar-refractivity contribution in [1.82, 2.24) is 9.80 Å². The lowest BCUT2D eigenvalue weighted by Crippen LogP contribution is -2.34. The molecule has 0 amide bonds. The minimum Gasteiger partial charge on any atom is -0.481 e. The lowest BCUT2D eigenvalue weighted by Gasteiger charge is -2.24. The maximum atomic E-state index is 10.8. The van der Waals surface area contributed by atoms with E-state index in [1.54, 1.807) is 0 Å². The van der Waals surface area contributed by atoms with Gasteiger partial charge in [0.2, 0.25) is 0 Å². The Bertz CT molecular complexity index is 245. The summed E-state index contributed by atoms with van der Waals surface area (Å²) in [7, 11) is 2.15. The van der Waals surface area contributed by atoms with Gasteiger partial charge in [0, 0.05) is 25.6 Å². The lowest BCUT2D eigenvalue weighted by molar-refractivity contribution is -0.138. The van der Waals surface area contributed by atoms with Gasteiger partial charge in [-0.3, -0.25) is 9.69 Å². The number of fused-ring (bicyclic) bond motifs is 1. The molecule has 4 nitrogen and oxygen atoms in total. The molecule has 0 radical (unpaired) electrons. The van der Waals surface area contributed by atoms with Crippen LogP contribution in [0.2, 0.25) is 0 Å². The van der Waals surface area contributed by atoms with Gasteiger partial charge in [0.15, 0.2) is 0 Å². The Morgan fingerprint density at radius 3 is 2.80 bits per heavy atom. The van der Waals surface area contributed by atoms with Crippen molar-refractivity contribution in [1.29, 1.82) is 0 Å². The van der Waals surface area contributed by atoms with Gasteiger partial charge in [-0.2, -0.15) is 0 Å². The van der Waals surface area contributed by atoms with Crippen LogP contribution in [0.15, 0.2) is 0 Å². The molecule has 86 valence electrons. The van der Waals surface area contributed by atoms with Crippen LogP contribution in [0.5, 0.6) is 0 Å². The molecular formula is C11H20N2O2. The molecule has 2 heterocycles. The van der Waals surface area contributed by atoms with E-state index in [4.69, 9.17) is 5.11 Å². The minimum absolute atomic E-state index is 0.352. The molecule has 15 heavy (non-hydrogen) atoms. The Kier molecular flexibility index (Phi) is 3.26. The predicted molar refractivity (Wildman–Crippen MR) is 57.8 cm³/mol. The number of likely N-dealkylation sites (N-methyl/N-ethyl adjacent to an activating group) is 1. The normalized spacial score (nSPS) is 33.7. The van der Waals surface area contributed by atoms with Crippen molar-refractivity contribution in [2.75, 3.05) is 33.2 Å². The summed E-state index contributed by atoms with van der Waals surface area (Å²) in [6, 6.07) is 0.519. The third kappa shape index (κ3) is 2.49. The Labute approximate surface area is 90.9 Å². The van der Waals surface area contributed by atoms with Gasteiger partial charge < -0.3 is 10.0 Å². The number of hydrogen-bond acceptors (Lipinski definition) is 3. The molecule has 1 N–H and O–H groups in total. The highest BCUT2D eigenvalue weighted by atomic mass is 16.4. The fourth-order valence-corrected chi connectivity index (χ4v) is 2.91. The number of aliphatic carboxylic acids is 1. The first-order chi connectivity index (χ1) is 7.16. The predicted octanol–water partition coefficient (Wildman–Crippen LogP) is 0.487. The van der Waals surface area contributed by atoms with Crippen LogP contribution in [0.3, 0.4) is 0 Å². The maximum absolute atomic E-state index is 10.8. The monoisotopic (exact) mass is 212 g/mol. The molecule has 2 aliphatic heterocycles. The number of hydrogen-bond donors (Lipinski definition) is 1. The van der Waals surface area contributed by atoms with E-state index in [1.807, 2.05) is 0 Å². The molecule has 0 aromatic rings. The van der Waals surface area contributed by atoms with E-state index in [2.05, 4.69) is 16.8 Å². The molecule has 2 rings (SSSR count). The van der Waals surface area contributed by atoms with Crippen LogP contribution in [-0.4, -0.2) is 60.1 Å². The Morgan fingerprint density at radius 1 is 1.27 bits per heavy atom. The van der Waals surface area contributed by atoms with Crippen LogP contribution in [0, 0.1) is 5.92 Å². The van der Waals surface area contributed by atoms with E-state index in [0.717, 1.165) is 39.0 Å². The average Bonchev–Trinajstić information content (AvgIpc) is 2.43. The number of rotatable bonds is 2. The fourth-order valence-electron chi connectivity index (χ4n) is 2.91. The first-order valence-electron chi connectivity index (χ1n) is 5.81. The van der Waals surface area contributed by atoms with Crippen LogP contribution in [-0.2, 0) is 4.79 Å². The summed E-state index contributed by atoms with van der Waals surface area (Å²) in [6.45, 7) is 4.43. The van der Waals surface area contributed by atoms with Gasteiger partial charge in [-0.05, 0) is 38.9 Å². The molecular weight excluding hydrogens is 192 g/mol. The largest absolute Gasteiger partial charge is 0.481 e. The van der Waals surface area contributed by atoms with Crippen molar-refractivity contribution < 1.29 is 9.90 Å². The Balaban J connectivity index is 1.97. The summed E-state index contributed by atoms with van der Waals surface area (Å²) in [5.74, 6) is -0.256. The molecule has 0 spiro atoms. The molecule has 0 saturated carbocycles. The number of carbonyl (C=O) groups is 1. The second-order valence-electron chi connectivity index (χ2n) is 4.84. The number of carboxylic acid groups (broad SMARTS) is 1. The molecule has 2 saturated heterocycles. The summed E-state index contributed by atoms with van der Waals surface area (Å²) in [5, 5.41) is 8.86. The standard InChI is InChI=1S/C11H20N2O2/c1-12-4-3-10-9(8-11(14)15)2-5-13(10)7-6-12/h9-10H,2-8H2,1H3,(H,14,15). The fraction of sp³-hybridized carbons (Fsp3) is 0.909. The third-order valence-electron chi connectivity index (χ3n) is 3.81. The quantitative estimate of drug-likeness (QED) is 0.723. The zero-order valence-electron chi connectivity index (χ0n) is 9.35. The maximum Gasteiger partial charge on any atom is 0.303 e. The van der Waals surface area contributed by atoms with Gasteiger partial charge in [0.05, 0.1) is 0 Å². The van der Waals surface area contributed by atoms with Gasteiger partial charge >= 0.3 is 5.97 Å². The van der Waals surface area contributed by atoms with E-state index < -0.39 is 5.97 Å². The van der Waals surface area contributed by atoms with Crippen LogP contribution >= 0.6 is 0 Å². The van der Waals surface area contributed by atoms with Crippen molar-refractivity contribution in [3.63, 3.8) is 0 Å². The zero-order valence-corrected chi connectivity index (χ0v) is 9.35. The molecule has 0 aliphatic carbocycles. The topological polar surface area (TPSA) is 43.8 Å². The van der Waals surface area contributed by atoms with E-state index in [0.29, 0.717) is 18.4 Å². The molecule has 2 unspecified atom stereocenters. The highest BCUT2D eigenvalue weighted by Crippen LogP contribution is 2.30. The first kappa shape index (κ1) is 10.9. The highest BCUT2D eigenvalue weighted by Gasteiger charge is 2.36.